The van der Waals surface area contributed by atoms with Crippen LogP contribution in [0.25, 0.3) is 32.7 Å². The molecule has 3 fully saturated rings. The second-order valence-electron chi connectivity index (χ2n) is 25.1. The van der Waals surface area contributed by atoms with E-state index in [4.69, 9.17) is 28.4 Å². The van der Waals surface area contributed by atoms with Crippen LogP contribution in [0.4, 0.5) is 35.3 Å². The summed E-state index contributed by atoms with van der Waals surface area (Å²) < 4.78 is 32.8. The molecule has 1 unspecified atom stereocenters. The van der Waals surface area contributed by atoms with Crippen LogP contribution >= 0.6 is 0 Å². The van der Waals surface area contributed by atoms with E-state index in [0.717, 1.165) is 182 Å². The lowest BCUT2D eigenvalue weighted by atomic mass is 10.0. The molecule has 3 aliphatic rings. The number of fused-ring (bicyclic) bond motifs is 3. The normalized spacial score (nSPS) is 14.6. The van der Waals surface area contributed by atoms with Crippen LogP contribution in [-0.2, 0) is 25.7 Å². The minimum atomic E-state index is 0.221. The summed E-state index contributed by atoms with van der Waals surface area (Å²) in [5, 5.41) is 2.85. The van der Waals surface area contributed by atoms with E-state index in [1.807, 2.05) is 85.7 Å². The molecular weight excluding hydrogens is 1280 g/mol. The SMILES string of the molecule is COc1cc2ncnc(N3CCN(c4ncc(CCc5ccccc5)cn4)CC3)c2cc1OC.COc1cc2ncnc(N3CCN(c4ncc(Cc5ccccc5)cn4)C(C)C3)c2cc1OC.COc1cc2ncnc(N3CCN(c4ncc(Cc5ccccc5C)cn4)CC3)c2cc1OC. The van der Waals surface area contributed by atoms with Gasteiger partial charge in [0.1, 0.15) is 36.4 Å². The molecule has 3 saturated heterocycles. The fourth-order valence-corrected chi connectivity index (χ4v) is 13.2. The van der Waals surface area contributed by atoms with E-state index in [1.165, 1.54) is 22.3 Å². The lowest BCUT2D eigenvalue weighted by Gasteiger charge is -2.40. The first-order chi connectivity index (χ1) is 50.1. The Morgan fingerprint density at radius 3 is 1.12 bits per heavy atom. The first-order valence-electron chi connectivity index (χ1n) is 34.2. The van der Waals surface area contributed by atoms with Gasteiger partial charge < -0.3 is 57.8 Å². The predicted molar refractivity (Wildman–Crippen MR) is 399 cm³/mol. The van der Waals surface area contributed by atoms with Crippen LogP contribution in [-0.4, -0.2) is 181 Å². The molecule has 0 saturated carbocycles. The van der Waals surface area contributed by atoms with Gasteiger partial charge in [-0.15, -0.1) is 0 Å². The summed E-state index contributed by atoms with van der Waals surface area (Å²) in [6, 6.07) is 41.1. The zero-order valence-corrected chi connectivity index (χ0v) is 58.9. The Kier molecular flexibility index (Phi) is 21.9. The number of nitrogens with zero attached hydrogens (tertiary/aromatic N) is 18. The van der Waals surface area contributed by atoms with Crippen molar-refractivity contribution in [3.63, 3.8) is 0 Å². The highest BCUT2D eigenvalue weighted by molar-refractivity contribution is 5.94. The van der Waals surface area contributed by atoms with Crippen molar-refractivity contribution in [1.82, 2.24) is 59.8 Å². The fourth-order valence-electron chi connectivity index (χ4n) is 13.2. The van der Waals surface area contributed by atoms with Gasteiger partial charge in [-0.3, -0.25) is 0 Å². The van der Waals surface area contributed by atoms with E-state index in [9.17, 15) is 0 Å². The van der Waals surface area contributed by atoms with Crippen molar-refractivity contribution < 1.29 is 28.4 Å². The van der Waals surface area contributed by atoms with Crippen molar-refractivity contribution in [2.75, 3.05) is 144 Å². The van der Waals surface area contributed by atoms with Crippen molar-refractivity contribution in [2.45, 2.75) is 45.6 Å². The molecule has 3 aliphatic heterocycles. The van der Waals surface area contributed by atoms with Crippen molar-refractivity contribution >= 4 is 68.0 Å². The summed E-state index contributed by atoms with van der Waals surface area (Å²) in [5.74, 6) is 9.01. The minimum absolute atomic E-state index is 0.221. The highest BCUT2D eigenvalue weighted by atomic mass is 16.5. The van der Waals surface area contributed by atoms with Crippen molar-refractivity contribution in [3.05, 3.63) is 216 Å². The molecule has 6 aromatic heterocycles. The summed E-state index contributed by atoms with van der Waals surface area (Å²) in [4.78, 5) is 68.6. The molecule has 522 valence electrons. The second kappa shape index (κ2) is 32.5. The number of hydrogen-bond donors (Lipinski definition) is 0. The van der Waals surface area contributed by atoms with E-state index in [2.05, 4.69) is 176 Å². The van der Waals surface area contributed by atoms with Crippen LogP contribution in [0.5, 0.6) is 34.5 Å². The highest BCUT2D eigenvalue weighted by Crippen LogP contribution is 2.39. The summed E-state index contributed by atoms with van der Waals surface area (Å²) in [7, 11) is 9.80. The lowest BCUT2D eigenvalue weighted by molar-refractivity contribution is 0.356. The third-order valence-corrected chi connectivity index (χ3v) is 18.8. The minimum Gasteiger partial charge on any atom is -0.493 e. The summed E-state index contributed by atoms with van der Waals surface area (Å²) in [5.41, 5.74) is 11.1. The lowest BCUT2D eigenvalue weighted by Crippen LogP contribution is -2.53. The molecule has 102 heavy (non-hydrogen) atoms. The first kappa shape index (κ1) is 68.7. The van der Waals surface area contributed by atoms with E-state index < -0.39 is 0 Å². The number of hydrogen-bond acceptors (Lipinski definition) is 24. The average molecular weight is 1370 g/mol. The number of aryl methyl sites for hydroxylation is 3. The predicted octanol–water partition coefficient (Wildman–Crippen LogP) is 11.0. The maximum Gasteiger partial charge on any atom is 0.225 e. The average Bonchev–Trinajstić information content (AvgIpc) is 0.790. The van der Waals surface area contributed by atoms with Crippen LogP contribution in [0, 0.1) is 6.92 Å². The number of methoxy groups -OCH3 is 6. The van der Waals surface area contributed by atoms with Gasteiger partial charge in [-0.25, -0.2) is 59.8 Å². The Hall–Kier alpha value is -11.8. The Labute approximate surface area is 594 Å². The van der Waals surface area contributed by atoms with Gasteiger partial charge in [0.2, 0.25) is 17.8 Å². The molecule has 1 atom stereocenters. The Bertz CT molecular complexity index is 4750. The van der Waals surface area contributed by atoms with E-state index in [1.54, 1.807) is 61.6 Å². The van der Waals surface area contributed by atoms with Crippen LogP contribution in [0.1, 0.15) is 45.9 Å². The number of rotatable bonds is 19. The maximum absolute atomic E-state index is 5.51. The van der Waals surface area contributed by atoms with Gasteiger partial charge in [-0.05, 0) is 83.8 Å². The van der Waals surface area contributed by atoms with Crippen molar-refractivity contribution in [3.8, 4) is 34.5 Å². The molecule has 0 spiro atoms. The van der Waals surface area contributed by atoms with Gasteiger partial charge in [-0.2, -0.15) is 0 Å². The molecule has 6 aromatic carbocycles. The number of ether oxygens (including phenoxy) is 6. The third kappa shape index (κ3) is 15.9. The summed E-state index contributed by atoms with van der Waals surface area (Å²) >= 11 is 0. The molecule has 15 rings (SSSR count). The molecule has 24 nitrogen and oxygen atoms in total. The van der Waals surface area contributed by atoms with E-state index in [-0.39, 0.29) is 6.04 Å². The van der Waals surface area contributed by atoms with Gasteiger partial charge in [-0.1, -0.05) is 84.9 Å². The zero-order chi connectivity index (χ0) is 70.3. The maximum atomic E-state index is 5.51. The fraction of sp³-hybridized carbons (Fsp3) is 0.308. The summed E-state index contributed by atoms with van der Waals surface area (Å²) in [6.45, 7) is 13.3. The zero-order valence-electron chi connectivity index (χ0n) is 58.9. The molecular formula is C78H84N18O6. The van der Waals surface area contributed by atoms with Crippen LogP contribution < -0.4 is 57.8 Å². The van der Waals surface area contributed by atoms with Gasteiger partial charge >= 0.3 is 0 Å². The molecule has 0 bridgehead atoms. The summed E-state index contributed by atoms with van der Waals surface area (Å²) in [6.07, 6.45) is 20.1. The second-order valence-corrected chi connectivity index (χ2v) is 25.1. The molecule has 24 heteroatoms. The number of aromatic nitrogens is 12. The molecule has 0 radical (unpaired) electrons. The Morgan fingerprint density at radius 2 is 0.686 bits per heavy atom. The number of benzene rings is 6. The topological polar surface area (TPSA) is 229 Å². The van der Waals surface area contributed by atoms with E-state index >= 15 is 0 Å². The molecule has 12 aromatic rings. The Morgan fingerprint density at radius 1 is 0.333 bits per heavy atom. The molecule has 0 aliphatic carbocycles. The number of anilines is 6. The Balaban J connectivity index is 0.000000137. The van der Waals surface area contributed by atoms with Gasteiger partial charge in [0.15, 0.2) is 34.5 Å². The van der Waals surface area contributed by atoms with Crippen LogP contribution in [0.15, 0.2) is 177 Å². The van der Waals surface area contributed by atoms with Gasteiger partial charge in [0.25, 0.3) is 0 Å². The quantitative estimate of drug-likeness (QED) is 0.0732. The molecule has 9 heterocycles. The standard InChI is InChI=1S/3C26H28N6O2/c1-18-6-4-5-7-20(18)12-19-15-27-26(28-16-19)32-10-8-31(9-11-32)25-21-13-23(33-2)24(34-3)14-22(21)29-17-30-25;1-18-16-31(25-21-12-23(33-2)24(34-3)13-22(21)29-17-30-25)9-10-32(18)26-27-14-20(15-28-26)11-19-7-5-4-6-8-19;1-33-23-14-21-22(15-24(23)34-2)29-18-30-25(21)31-10-12-32(13-11-31)26-27-16-20(17-28-26)9-8-19-6-4-3-5-7-19/h4-7,13-17H,8-12H2,1-3H3;4-8,12-15,17-18H,9-11,16H2,1-3H3;3-7,14-18H,8-13H2,1-2H3. The van der Waals surface area contributed by atoms with Crippen molar-refractivity contribution in [1.29, 1.82) is 0 Å². The molecule has 0 N–H and O–H groups in total. The number of piperazine rings is 3. The molecule has 0 amide bonds. The largest absolute Gasteiger partial charge is 0.493 e. The van der Waals surface area contributed by atoms with E-state index in [0.29, 0.717) is 34.5 Å². The van der Waals surface area contributed by atoms with Crippen LogP contribution in [0.2, 0.25) is 0 Å². The van der Waals surface area contributed by atoms with Gasteiger partial charge in [0, 0.05) is 162 Å². The smallest absolute Gasteiger partial charge is 0.225 e. The van der Waals surface area contributed by atoms with Crippen molar-refractivity contribution in [2.24, 2.45) is 0 Å². The van der Waals surface area contributed by atoms with Gasteiger partial charge in [0.05, 0.1) is 59.2 Å². The van der Waals surface area contributed by atoms with Crippen LogP contribution in [0.3, 0.4) is 0 Å². The first-order valence-corrected chi connectivity index (χ1v) is 34.2. The monoisotopic (exact) mass is 1370 g/mol. The third-order valence-electron chi connectivity index (χ3n) is 18.8. The highest BCUT2D eigenvalue weighted by Gasteiger charge is 2.29.